The number of halogens is 3. The fraction of sp³-hybridized carbons (Fsp3) is 0.442. The first-order valence-electron chi connectivity index (χ1n) is 16.7. The minimum Gasteiger partial charge on any atom is -0.170 e. The van der Waals surface area contributed by atoms with Crippen LogP contribution in [-0.4, -0.2) is 6.18 Å². The van der Waals surface area contributed by atoms with Crippen molar-refractivity contribution in [2.75, 3.05) is 0 Å². The highest BCUT2D eigenvalue weighted by atomic mass is 19.4. The van der Waals surface area contributed by atoms with Crippen LogP contribution in [0.15, 0.2) is 72.8 Å². The van der Waals surface area contributed by atoms with Crippen LogP contribution in [0, 0.1) is 79.1 Å². The molecule has 1 aliphatic rings. The van der Waals surface area contributed by atoms with E-state index < -0.39 is 11.6 Å². The molecule has 0 radical (unpaired) electrons. The summed E-state index contributed by atoms with van der Waals surface area (Å²) >= 11 is 0. The van der Waals surface area contributed by atoms with E-state index >= 15 is 0 Å². The molecule has 0 unspecified atom stereocenters. The van der Waals surface area contributed by atoms with Crippen molar-refractivity contribution in [1.82, 2.24) is 0 Å². The van der Waals surface area contributed by atoms with E-state index in [1.807, 2.05) is 27.7 Å². The van der Waals surface area contributed by atoms with Crippen molar-refractivity contribution in [3.8, 4) is 11.1 Å². The molecule has 0 spiro atoms. The van der Waals surface area contributed by atoms with Crippen LogP contribution in [0.1, 0.15) is 90.3 Å². The monoisotopic (exact) mass is 628 g/mol. The summed E-state index contributed by atoms with van der Waals surface area (Å²) in [6, 6.07) is 23.3. The van der Waals surface area contributed by atoms with Crippen molar-refractivity contribution in [3.05, 3.63) is 128 Å². The van der Waals surface area contributed by atoms with Gasteiger partial charge in [-0.15, -0.1) is 0 Å². The summed E-state index contributed by atoms with van der Waals surface area (Å²) in [6.07, 6.45) is -4.36. The fourth-order valence-electron chi connectivity index (χ4n) is 6.21. The zero-order valence-electron chi connectivity index (χ0n) is 30.4. The van der Waals surface area contributed by atoms with Gasteiger partial charge in [-0.05, 0) is 153 Å². The summed E-state index contributed by atoms with van der Waals surface area (Å²) in [4.78, 5) is 0. The Morgan fingerprint density at radius 2 is 0.652 bits per heavy atom. The third-order valence-electron chi connectivity index (χ3n) is 11.4. The molecule has 0 N–H and O–H groups in total. The molecule has 3 heteroatoms. The van der Waals surface area contributed by atoms with Gasteiger partial charge >= 0.3 is 6.18 Å². The number of hydrogen-bond donors (Lipinski definition) is 0. The Bertz CT molecular complexity index is 1510. The molecule has 4 aromatic rings. The maximum atomic E-state index is 13.9. The topological polar surface area (TPSA) is 0 Å². The smallest absolute Gasteiger partial charge is 0.170 e. The number of benzene rings is 4. The first-order chi connectivity index (χ1) is 21.3. The van der Waals surface area contributed by atoms with Crippen LogP contribution in [0.3, 0.4) is 0 Å². The molecule has 0 aromatic heterocycles. The molecule has 1 saturated carbocycles. The first-order valence-corrected chi connectivity index (χ1v) is 16.7. The largest absolute Gasteiger partial charge is 0.402 e. The summed E-state index contributed by atoms with van der Waals surface area (Å²) in [6.45, 7) is 26.8. The molecule has 0 saturated heterocycles. The van der Waals surface area contributed by atoms with Crippen LogP contribution >= 0.6 is 0 Å². The maximum Gasteiger partial charge on any atom is 0.402 e. The Hall–Kier alpha value is -3.33. The summed E-state index contributed by atoms with van der Waals surface area (Å²) in [5.74, 6) is 3.91. The summed E-state index contributed by atoms with van der Waals surface area (Å²) in [5, 5.41) is 0. The third kappa shape index (κ3) is 7.96. The van der Waals surface area contributed by atoms with Gasteiger partial charge < -0.3 is 0 Å². The van der Waals surface area contributed by atoms with E-state index in [1.54, 1.807) is 36.4 Å². The average molecular weight is 629 g/mol. The van der Waals surface area contributed by atoms with Crippen LogP contribution in [0.4, 0.5) is 13.2 Å². The van der Waals surface area contributed by atoms with Gasteiger partial charge in [0.15, 0.2) is 0 Å². The summed E-state index contributed by atoms with van der Waals surface area (Å²) < 4.78 is 41.8. The quantitative estimate of drug-likeness (QED) is 0.212. The lowest BCUT2D eigenvalue weighted by Gasteiger charge is -2.45. The van der Waals surface area contributed by atoms with Gasteiger partial charge in [-0.1, -0.05) is 100 Å². The van der Waals surface area contributed by atoms with Crippen molar-refractivity contribution < 1.29 is 13.2 Å². The molecule has 0 heterocycles. The van der Waals surface area contributed by atoms with Gasteiger partial charge in [0, 0.05) is 0 Å². The minimum absolute atomic E-state index is 0.284. The van der Waals surface area contributed by atoms with E-state index in [0.29, 0.717) is 0 Å². The Morgan fingerprint density at radius 3 is 0.891 bits per heavy atom. The van der Waals surface area contributed by atoms with Gasteiger partial charge in [0.25, 0.3) is 0 Å². The lowest BCUT2D eigenvalue weighted by atomic mass is 9.60. The second kappa shape index (κ2) is 14.6. The normalized spacial score (nSPS) is 19.3. The Morgan fingerprint density at radius 1 is 0.391 bits per heavy atom. The summed E-state index contributed by atoms with van der Waals surface area (Å²) in [5.41, 5.74) is 10.3. The Balaban J connectivity index is 0.000000208. The highest BCUT2D eigenvalue weighted by Crippen LogP contribution is 2.47. The molecule has 248 valence electrons. The van der Waals surface area contributed by atoms with Crippen LogP contribution in [0.2, 0.25) is 0 Å². The van der Waals surface area contributed by atoms with Crippen molar-refractivity contribution in [2.24, 2.45) is 23.7 Å². The fourth-order valence-corrected chi connectivity index (χ4v) is 6.21. The molecule has 5 rings (SSSR count). The van der Waals surface area contributed by atoms with Gasteiger partial charge in [-0.25, -0.2) is 0 Å². The minimum atomic E-state index is -4.36. The van der Waals surface area contributed by atoms with Crippen LogP contribution < -0.4 is 0 Å². The van der Waals surface area contributed by atoms with Crippen LogP contribution in [-0.2, 0) is 5.41 Å². The molecule has 4 aromatic carbocycles. The standard InChI is InChI=1S/C19H21F3.C16H18.C8H16/c1-12-6-8-16(10-14(12)3)18(5,19(20,21)22)17-9-7-13(2)15(4)11-17;1-11-5-7-15(9-13(11)3)16-8-6-12(2)14(4)10-16;1-5-6(2)8(4)7(5)3/h6-11H,1-5H3;5-10H,1-4H3;5-8H,1-4H3. The zero-order valence-corrected chi connectivity index (χ0v) is 30.4. The van der Waals surface area contributed by atoms with Crippen molar-refractivity contribution >= 4 is 0 Å². The molecule has 46 heavy (non-hydrogen) atoms. The van der Waals surface area contributed by atoms with E-state index in [9.17, 15) is 13.2 Å². The Labute approximate surface area is 277 Å². The van der Waals surface area contributed by atoms with E-state index in [-0.39, 0.29) is 11.1 Å². The van der Waals surface area contributed by atoms with Gasteiger partial charge in [0.1, 0.15) is 5.41 Å². The van der Waals surface area contributed by atoms with Gasteiger partial charge in [-0.2, -0.15) is 13.2 Å². The van der Waals surface area contributed by atoms with Crippen LogP contribution in [0.5, 0.6) is 0 Å². The molecule has 0 atom stereocenters. The number of aryl methyl sites for hydroxylation is 8. The van der Waals surface area contributed by atoms with E-state index in [1.165, 1.54) is 40.3 Å². The average Bonchev–Trinajstić information content (AvgIpc) is 3.01. The van der Waals surface area contributed by atoms with E-state index in [2.05, 4.69) is 91.8 Å². The highest BCUT2D eigenvalue weighted by Gasteiger charge is 2.53. The predicted molar refractivity (Wildman–Crippen MR) is 192 cm³/mol. The van der Waals surface area contributed by atoms with Crippen molar-refractivity contribution in [1.29, 1.82) is 0 Å². The highest BCUT2D eigenvalue weighted by molar-refractivity contribution is 5.66. The van der Waals surface area contributed by atoms with E-state index in [0.717, 1.165) is 45.9 Å². The van der Waals surface area contributed by atoms with Crippen molar-refractivity contribution in [3.63, 3.8) is 0 Å². The third-order valence-corrected chi connectivity index (χ3v) is 11.4. The van der Waals surface area contributed by atoms with Gasteiger partial charge in [-0.3, -0.25) is 0 Å². The lowest BCUT2D eigenvalue weighted by Crippen LogP contribution is -2.40. The number of alkyl halides is 3. The maximum absolute atomic E-state index is 13.9. The van der Waals surface area contributed by atoms with Gasteiger partial charge in [0.2, 0.25) is 0 Å². The summed E-state index contributed by atoms with van der Waals surface area (Å²) in [7, 11) is 0. The molecule has 1 fully saturated rings. The lowest BCUT2D eigenvalue weighted by molar-refractivity contribution is -0.173. The number of hydrogen-bond acceptors (Lipinski definition) is 0. The number of rotatable bonds is 3. The predicted octanol–water partition coefficient (Wildman–Crippen LogP) is 12.9. The molecule has 0 aliphatic heterocycles. The zero-order chi connectivity index (χ0) is 34.7. The first kappa shape index (κ1) is 37.1. The Kier molecular flexibility index (Phi) is 11.8. The molecule has 0 bridgehead atoms. The van der Waals surface area contributed by atoms with Crippen molar-refractivity contribution in [2.45, 2.75) is 102 Å². The second-order valence-electron chi connectivity index (χ2n) is 14.3. The van der Waals surface area contributed by atoms with Crippen LogP contribution in [0.25, 0.3) is 11.1 Å². The van der Waals surface area contributed by atoms with E-state index in [4.69, 9.17) is 0 Å². The second-order valence-corrected chi connectivity index (χ2v) is 14.3. The molecule has 1 aliphatic carbocycles. The molecular formula is C43H55F3. The molecule has 0 amide bonds. The molecular weight excluding hydrogens is 573 g/mol. The molecule has 0 nitrogen and oxygen atoms in total. The van der Waals surface area contributed by atoms with Gasteiger partial charge in [0.05, 0.1) is 0 Å². The SMILES string of the molecule is CC1C(C)C(C)C1C.Cc1ccc(-c2ccc(C)c(C)c2)cc1C.Cc1ccc(C(C)(c2ccc(C)c(C)c2)C(F)(F)F)cc1C.